The van der Waals surface area contributed by atoms with Gasteiger partial charge in [-0.15, -0.1) is 0 Å². The van der Waals surface area contributed by atoms with Crippen molar-refractivity contribution in [3.8, 4) is 22.5 Å². The third-order valence-corrected chi connectivity index (χ3v) is 4.25. The van der Waals surface area contributed by atoms with Crippen molar-refractivity contribution < 1.29 is 4.39 Å². The molecule has 0 radical (unpaired) electrons. The summed E-state index contributed by atoms with van der Waals surface area (Å²) < 4.78 is 13.4. The fourth-order valence-corrected chi connectivity index (χ4v) is 3.01. The molecule has 1 heterocycles. The summed E-state index contributed by atoms with van der Waals surface area (Å²) in [4.78, 5) is 19.7. The Labute approximate surface area is 143 Å². The minimum Gasteiger partial charge on any atom is -0.306 e. The van der Waals surface area contributed by atoms with Crippen molar-refractivity contribution in [2.45, 2.75) is 6.92 Å². The molecule has 0 spiro atoms. The molecule has 0 unspecified atom stereocenters. The highest BCUT2D eigenvalue weighted by atomic mass is 19.1. The number of rotatable bonds is 2. The topological polar surface area (TPSA) is 45.8 Å². The quantitative estimate of drug-likeness (QED) is 0.579. The Morgan fingerprint density at radius 3 is 2.56 bits per heavy atom. The number of nitrogens with one attached hydrogen (secondary N) is 1. The largest absolute Gasteiger partial charge is 0.306 e. The molecule has 0 aliphatic carbocycles. The molecule has 122 valence electrons. The van der Waals surface area contributed by atoms with Crippen LogP contribution in [0.25, 0.3) is 33.4 Å². The lowest BCUT2D eigenvalue weighted by atomic mass is 9.98. The van der Waals surface area contributed by atoms with Gasteiger partial charge in [0.25, 0.3) is 5.56 Å². The molecule has 3 nitrogen and oxygen atoms in total. The van der Waals surface area contributed by atoms with Crippen LogP contribution in [0.2, 0.25) is 0 Å². The maximum Gasteiger partial charge on any atom is 0.259 e. The maximum absolute atomic E-state index is 13.4. The van der Waals surface area contributed by atoms with Gasteiger partial charge in [0.2, 0.25) is 0 Å². The molecular formula is C21H15FN2O. The van der Waals surface area contributed by atoms with Crippen LogP contribution in [0.15, 0.2) is 71.5 Å². The van der Waals surface area contributed by atoms with Crippen molar-refractivity contribution >= 4 is 10.9 Å². The van der Waals surface area contributed by atoms with E-state index in [1.54, 1.807) is 12.1 Å². The second-order valence-corrected chi connectivity index (χ2v) is 5.97. The van der Waals surface area contributed by atoms with Gasteiger partial charge in [-0.3, -0.25) is 4.79 Å². The Morgan fingerprint density at radius 1 is 0.920 bits per heavy atom. The molecule has 0 aliphatic heterocycles. The molecule has 3 aromatic carbocycles. The van der Waals surface area contributed by atoms with E-state index in [0.29, 0.717) is 16.7 Å². The van der Waals surface area contributed by atoms with Crippen molar-refractivity contribution in [2.24, 2.45) is 0 Å². The van der Waals surface area contributed by atoms with Gasteiger partial charge >= 0.3 is 0 Å². The summed E-state index contributed by atoms with van der Waals surface area (Å²) in [6.45, 7) is 1.88. The number of H-pyrrole nitrogens is 1. The number of benzene rings is 3. The van der Waals surface area contributed by atoms with Crippen LogP contribution in [-0.4, -0.2) is 9.97 Å². The van der Waals surface area contributed by atoms with Gasteiger partial charge in [-0.25, -0.2) is 9.37 Å². The van der Waals surface area contributed by atoms with E-state index >= 15 is 0 Å². The van der Waals surface area contributed by atoms with Crippen LogP contribution in [0.3, 0.4) is 0 Å². The van der Waals surface area contributed by atoms with Gasteiger partial charge in [0.05, 0.1) is 10.9 Å². The van der Waals surface area contributed by atoms with Gasteiger partial charge in [-0.1, -0.05) is 36.4 Å². The Kier molecular flexibility index (Phi) is 3.65. The standard InChI is InChI=1S/C21H15FN2O/c1-13-11-16(22)9-10-17(13)14-5-4-6-15(12-14)20-23-19-8-3-2-7-18(19)21(25)24-20/h2-12H,1H3,(H,23,24,25). The van der Waals surface area contributed by atoms with Gasteiger partial charge in [0.15, 0.2) is 0 Å². The Bertz CT molecular complexity index is 1150. The number of hydrogen-bond donors (Lipinski definition) is 1. The van der Waals surface area contributed by atoms with E-state index in [0.717, 1.165) is 22.3 Å². The third kappa shape index (κ3) is 2.83. The van der Waals surface area contributed by atoms with E-state index in [4.69, 9.17) is 0 Å². The summed E-state index contributed by atoms with van der Waals surface area (Å²) in [6.07, 6.45) is 0. The number of aryl methyl sites for hydroxylation is 1. The molecule has 1 aromatic heterocycles. The van der Waals surface area contributed by atoms with Gasteiger partial charge in [-0.05, 0) is 53.9 Å². The van der Waals surface area contributed by atoms with E-state index in [2.05, 4.69) is 9.97 Å². The molecule has 1 N–H and O–H groups in total. The summed E-state index contributed by atoms with van der Waals surface area (Å²) in [5, 5.41) is 0.566. The van der Waals surface area contributed by atoms with Gasteiger partial charge in [-0.2, -0.15) is 0 Å². The maximum atomic E-state index is 13.4. The lowest BCUT2D eigenvalue weighted by Gasteiger charge is -2.09. The van der Waals surface area contributed by atoms with Crippen LogP contribution in [-0.2, 0) is 0 Å². The van der Waals surface area contributed by atoms with Crippen LogP contribution in [0.1, 0.15) is 5.56 Å². The molecule has 4 aromatic rings. The summed E-state index contributed by atoms with van der Waals surface area (Å²) >= 11 is 0. The van der Waals surface area contributed by atoms with Crippen molar-refractivity contribution in [2.75, 3.05) is 0 Å². The zero-order chi connectivity index (χ0) is 17.4. The lowest BCUT2D eigenvalue weighted by molar-refractivity contribution is 0.627. The zero-order valence-electron chi connectivity index (χ0n) is 13.6. The molecule has 0 saturated heterocycles. The number of nitrogens with zero attached hydrogens (tertiary/aromatic N) is 1. The Balaban J connectivity index is 1.86. The first-order valence-corrected chi connectivity index (χ1v) is 7.98. The van der Waals surface area contributed by atoms with Gasteiger partial charge < -0.3 is 4.98 Å². The molecule has 0 fully saturated rings. The monoisotopic (exact) mass is 330 g/mol. The molecule has 0 bridgehead atoms. The van der Waals surface area contributed by atoms with E-state index in [1.165, 1.54) is 12.1 Å². The summed E-state index contributed by atoms with van der Waals surface area (Å²) in [6, 6.07) is 19.7. The van der Waals surface area contributed by atoms with E-state index in [1.807, 2.05) is 49.4 Å². The Hall–Kier alpha value is -3.27. The zero-order valence-corrected chi connectivity index (χ0v) is 13.6. The summed E-state index contributed by atoms with van der Waals surface area (Å²) in [5.74, 6) is 0.267. The van der Waals surface area contributed by atoms with Crippen LogP contribution in [0.4, 0.5) is 4.39 Å². The summed E-state index contributed by atoms with van der Waals surface area (Å²) in [7, 11) is 0. The Morgan fingerprint density at radius 2 is 1.72 bits per heavy atom. The van der Waals surface area contributed by atoms with Crippen molar-refractivity contribution in [1.29, 1.82) is 0 Å². The van der Waals surface area contributed by atoms with Gasteiger partial charge in [0.1, 0.15) is 11.6 Å². The van der Waals surface area contributed by atoms with Crippen molar-refractivity contribution in [3.05, 3.63) is 88.5 Å². The molecule has 0 atom stereocenters. The molecular weight excluding hydrogens is 315 g/mol. The summed E-state index contributed by atoms with van der Waals surface area (Å²) in [5.41, 5.74) is 4.06. The predicted octanol–water partition coefficient (Wildman–Crippen LogP) is 4.70. The van der Waals surface area contributed by atoms with Crippen LogP contribution >= 0.6 is 0 Å². The first kappa shape index (κ1) is 15.3. The van der Waals surface area contributed by atoms with Crippen molar-refractivity contribution in [3.63, 3.8) is 0 Å². The molecule has 0 saturated carbocycles. The number of fused-ring (bicyclic) bond motifs is 1. The SMILES string of the molecule is Cc1cc(F)ccc1-c1cccc(-c2nc3ccccc3c(=O)[nH]2)c1. The average Bonchev–Trinajstić information content (AvgIpc) is 2.62. The third-order valence-electron chi connectivity index (χ3n) is 4.25. The van der Waals surface area contributed by atoms with E-state index in [9.17, 15) is 9.18 Å². The molecule has 25 heavy (non-hydrogen) atoms. The lowest BCUT2D eigenvalue weighted by Crippen LogP contribution is -2.09. The van der Waals surface area contributed by atoms with E-state index < -0.39 is 0 Å². The number of aromatic nitrogens is 2. The highest BCUT2D eigenvalue weighted by Crippen LogP contribution is 2.27. The minimum absolute atomic E-state index is 0.163. The highest BCUT2D eigenvalue weighted by molar-refractivity contribution is 5.80. The second kappa shape index (κ2) is 5.98. The van der Waals surface area contributed by atoms with Crippen molar-refractivity contribution in [1.82, 2.24) is 9.97 Å². The highest BCUT2D eigenvalue weighted by Gasteiger charge is 2.08. The molecule has 0 amide bonds. The normalized spacial score (nSPS) is 11.0. The van der Waals surface area contributed by atoms with Crippen LogP contribution < -0.4 is 5.56 Å². The fourth-order valence-electron chi connectivity index (χ4n) is 3.01. The van der Waals surface area contributed by atoms with E-state index in [-0.39, 0.29) is 11.4 Å². The van der Waals surface area contributed by atoms with Crippen LogP contribution in [0, 0.1) is 12.7 Å². The number of para-hydroxylation sites is 1. The number of halogens is 1. The first-order valence-electron chi connectivity index (χ1n) is 7.98. The number of hydrogen-bond acceptors (Lipinski definition) is 2. The number of aromatic amines is 1. The molecule has 4 heteroatoms. The minimum atomic E-state index is -0.252. The van der Waals surface area contributed by atoms with Crippen LogP contribution in [0.5, 0.6) is 0 Å². The molecule has 4 rings (SSSR count). The van der Waals surface area contributed by atoms with Gasteiger partial charge in [0, 0.05) is 5.56 Å². The molecule has 0 aliphatic rings. The second-order valence-electron chi connectivity index (χ2n) is 5.97. The first-order chi connectivity index (χ1) is 12.1. The smallest absolute Gasteiger partial charge is 0.259 e. The predicted molar refractivity (Wildman–Crippen MR) is 97.9 cm³/mol. The average molecular weight is 330 g/mol. The fraction of sp³-hybridized carbons (Fsp3) is 0.0476.